The maximum absolute atomic E-state index is 13.0. The molecule has 0 unspecified atom stereocenters. The van der Waals surface area contributed by atoms with E-state index in [1.807, 2.05) is 24.3 Å². The summed E-state index contributed by atoms with van der Waals surface area (Å²) in [6.45, 7) is 7.40. The average Bonchev–Trinajstić information content (AvgIpc) is 3.05. The van der Waals surface area contributed by atoms with Crippen LogP contribution in [-0.2, 0) is 9.53 Å². The van der Waals surface area contributed by atoms with Gasteiger partial charge in [0.05, 0.1) is 16.7 Å². The summed E-state index contributed by atoms with van der Waals surface area (Å²) in [4.78, 5) is 41.0. The van der Waals surface area contributed by atoms with Crippen LogP contribution in [0.2, 0.25) is 0 Å². The fourth-order valence-electron chi connectivity index (χ4n) is 3.38. The van der Waals surface area contributed by atoms with Gasteiger partial charge in [0.2, 0.25) is 5.91 Å². The van der Waals surface area contributed by atoms with Gasteiger partial charge in [-0.1, -0.05) is 18.2 Å². The molecule has 2 aromatic heterocycles. The maximum atomic E-state index is 13.0. The van der Waals surface area contributed by atoms with Crippen LogP contribution in [0.5, 0.6) is 0 Å². The summed E-state index contributed by atoms with van der Waals surface area (Å²) >= 11 is 0. The Labute approximate surface area is 179 Å². The molecular formula is C22H26N4O5. The fourth-order valence-corrected chi connectivity index (χ4v) is 3.38. The molecule has 0 saturated carbocycles. The lowest BCUT2D eigenvalue weighted by atomic mass is 10.1. The summed E-state index contributed by atoms with van der Waals surface area (Å²) in [6.07, 6.45) is -0.0499. The van der Waals surface area contributed by atoms with Crippen molar-refractivity contribution in [2.24, 2.45) is 0 Å². The third-order valence-electron chi connectivity index (χ3n) is 4.63. The van der Waals surface area contributed by atoms with Crippen molar-refractivity contribution in [3.05, 3.63) is 41.7 Å². The van der Waals surface area contributed by atoms with E-state index in [9.17, 15) is 14.4 Å². The Morgan fingerprint density at radius 1 is 1.16 bits per heavy atom. The van der Waals surface area contributed by atoms with E-state index in [-0.39, 0.29) is 24.6 Å². The molecule has 0 atom stereocenters. The molecule has 1 aromatic carbocycles. The Balaban J connectivity index is 1.99. The van der Waals surface area contributed by atoms with E-state index in [0.717, 1.165) is 10.8 Å². The molecule has 9 heteroatoms. The van der Waals surface area contributed by atoms with Crippen molar-refractivity contribution in [3.8, 4) is 0 Å². The zero-order valence-corrected chi connectivity index (χ0v) is 18.0. The van der Waals surface area contributed by atoms with Crippen molar-refractivity contribution in [1.29, 1.82) is 0 Å². The third-order valence-corrected chi connectivity index (χ3v) is 4.63. The minimum Gasteiger partial charge on any atom is -0.443 e. The molecule has 2 heterocycles. The Morgan fingerprint density at radius 3 is 2.55 bits per heavy atom. The first-order chi connectivity index (χ1) is 14.6. The summed E-state index contributed by atoms with van der Waals surface area (Å²) in [5, 5.41) is 12.8. The summed E-state index contributed by atoms with van der Waals surface area (Å²) in [7, 11) is 0. The number of rotatable bonds is 5. The van der Waals surface area contributed by atoms with Gasteiger partial charge in [0.25, 0.3) is 5.91 Å². The van der Waals surface area contributed by atoms with Crippen LogP contribution < -0.4 is 10.8 Å². The van der Waals surface area contributed by atoms with Crippen molar-refractivity contribution < 1.29 is 24.3 Å². The topological polar surface area (TPSA) is 123 Å². The van der Waals surface area contributed by atoms with Gasteiger partial charge in [-0.05, 0) is 46.2 Å². The largest absolute Gasteiger partial charge is 0.443 e. The fraction of sp³-hybridized carbons (Fsp3) is 0.364. The monoisotopic (exact) mass is 426 g/mol. The SMILES string of the molecule is Cc1nc(C(=O)NCCCC(=O)NO)cc2c3ccccc3n(C(=O)OC(C)(C)C)c12. The molecule has 9 nitrogen and oxygen atoms in total. The Bertz CT molecular complexity index is 1160. The summed E-state index contributed by atoms with van der Waals surface area (Å²) in [5.41, 5.74) is 2.88. The van der Waals surface area contributed by atoms with E-state index in [1.54, 1.807) is 39.2 Å². The third kappa shape index (κ3) is 4.83. The minimum absolute atomic E-state index is 0.0889. The molecule has 0 spiro atoms. The minimum atomic E-state index is -0.664. The van der Waals surface area contributed by atoms with Crippen molar-refractivity contribution >= 4 is 39.7 Å². The predicted molar refractivity (Wildman–Crippen MR) is 115 cm³/mol. The zero-order chi connectivity index (χ0) is 22.8. The lowest BCUT2D eigenvalue weighted by Crippen LogP contribution is -2.28. The quantitative estimate of drug-likeness (QED) is 0.327. The van der Waals surface area contributed by atoms with Crippen molar-refractivity contribution in [1.82, 2.24) is 20.3 Å². The molecular weight excluding hydrogens is 400 g/mol. The van der Waals surface area contributed by atoms with E-state index in [2.05, 4.69) is 10.3 Å². The molecule has 3 aromatic rings. The van der Waals surface area contributed by atoms with Crippen molar-refractivity contribution in [2.45, 2.75) is 46.1 Å². The van der Waals surface area contributed by atoms with Crippen molar-refractivity contribution in [2.75, 3.05) is 6.54 Å². The predicted octanol–water partition coefficient (Wildman–Crippen LogP) is 3.30. The number of fused-ring (bicyclic) bond motifs is 3. The van der Waals surface area contributed by atoms with Crippen LogP contribution in [0.25, 0.3) is 21.8 Å². The highest BCUT2D eigenvalue weighted by Gasteiger charge is 2.24. The lowest BCUT2D eigenvalue weighted by Gasteiger charge is -2.20. The Morgan fingerprint density at radius 2 is 1.87 bits per heavy atom. The number of hydroxylamine groups is 1. The van der Waals surface area contributed by atoms with E-state index in [0.29, 0.717) is 23.1 Å². The standard InChI is InChI=1S/C22H26N4O5/c1-13-19-15(12-16(24-13)20(28)23-11-7-10-18(27)25-30)14-8-5-6-9-17(14)26(19)21(29)31-22(2,3)4/h5-6,8-9,12,30H,7,10-11H2,1-4H3,(H,23,28)(H,25,27). The van der Waals surface area contributed by atoms with Crippen LogP contribution >= 0.6 is 0 Å². The molecule has 2 amide bonds. The van der Waals surface area contributed by atoms with Gasteiger partial charge in [0, 0.05) is 23.7 Å². The molecule has 3 rings (SSSR count). The smallest absolute Gasteiger partial charge is 0.419 e. The normalized spacial score (nSPS) is 11.5. The average molecular weight is 426 g/mol. The Kier molecular flexibility index (Phi) is 6.26. The molecule has 0 fully saturated rings. The highest BCUT2D eigenvalue weighted by molar-refractivity contribution is 6.14. The first-order valence-corrected chi connectivity index (χ1v) is 9.97. The van der Waals surface area contributed by atoms with Crippen LogP contribution in [0.15, 0.2) is 30.3 Å². The van der Waals surface area contributed by atoms with Gasteiger partial charge in [-0.25, -0.2) is 19.8 Å². The molecule has 0 aliphatic carbocycles. The number of benzene rings is 1. The molecule has 164 valence electrons. The first kappa shape index (κ1) is 22.2. The first-order valence-electron chi connectivity index (χ1n) is 9.97. The zero-order valence-electron chi connectivity index (χ0n) is 18.0. The van der Waals surface area contributed by atoms with Crippen LogP contribution in [-0.4, -0.2) is 44.8 Å². The van der Waals surface area contributed by atoms with Gasteiger partial charge in [-0.2, -0.15) is 0 Å². The highest BCUT2D eigenvalue weighted by Crippen LogP contribution is 2.31. The number of hydrogen-bond donors (Lipinski definition) is 3. The number of hydrogen-bond acceptors (Lipinski definition) is 6. The van der Waals surface area contributed by atoms with Gasteiger partial charge in [-0.15, -0.1) is 0 Å². The molecule has 31 heavy (non-hydrogen) atoms. The number of amides is 2. The molecule has 0 bridgehead atoms. The summed E-state index contributed by atoms with van der Waals surface area (Å²) < 4.78 is 7.09. The second-order valence-corrected chi connectivity index (χ2v) is 8.22. The molecule has 0 aliphatic rings. The number of nitrogens with one attached hydrogen (secondary N) is 2. The Hall–Kier alpha value is -3.46. The summed E-state index contributed by atoms with van der Waals surface area (Å²) in [6, 6.07) is 9.06. The van der Waals surface area contributed by atoms with Crippen LogP contribution in [0.1, 0.15) is 49.8 Å². The number of carbonyl (C=O) groups excluding carboxylic acids is 3. The van der Waals surface area contributed by atoms with Gasteiger partial charge in [0.15, 0.2) is 0 Å². The summed E-state index contributed by atoms with van der Waals surface area (Å²) in [5.74, 6) is -0.900. The number of aryl methyl sites for hydroxylation is 1. The van der Waals surface area contributed by atoms with Crippen LogP contribution in [0, 0.1) is 6.92 Å². The number of para-hydroxylation sites is 1. The highest BCUT2D eigenvalue weighted by atomic mass is 16.6. The van der Waals surface area contributed by atoms with Gasteiger partial charge >= 0.3 is 6.09 Å². The van der Waals surface area contributed by atoms with Crippen LogP contribution in [0.4, 0.5) is 4.79 Å². The van der Waals surface area contributed by atoms with E-state index < -0.39 is 17.6 Å². The van der Waals surface area contributed by atoms with Gasteiger partial charge in [0.1, 0.15) is 11.3 Å². The van der Waals surface area contributed by atoms with Gasteiger partial charge < -0.3 is 10.1 Å². The lowest BCUT2D eigenvalue weighted by molar-refractivity contribution is -0.129. The second kappa shape index (κ2) is 8.73. The maximum Gasteiger partial charge on any atom is 0.419 e. The van der Waals surface area contributed by atoms with E-state index in [1.165, 1.54) is 4.57 Å². The second-order valence-electron chi connectivity index (χ2n) is 8.22. The van der Waals surface area contributed by atoms with E-state index in [4.69, 9.17) is 9.94 Å². The van der Waals surface area contributed by atoms with E-state index >= 15 is 0 Å². The molecule has 3 N–H and O–H groups in total. The number of nitrogens with zero attached hydrogens (tertiary/aromatic N) is 2. The molecule has 0 radical (unpaired) electrons. The van der Waals surface area contributed by atoms with Gasteiger partial charge in [-0.3, -0.25) is 14.8 Å². The number of ether oxygens (including phenoxy) is 1. The molecule has 0 saturated heterocycles. The molecule has 0 aliphatic heterocycles. The van der Waals surface area contributed by atoms with Crippen molar-refractivity contribution in [3.63, 3.8) is 0 Å². The number of aromatic nitrogens is 2. The van der Waals surface area contributed by atoms with Crippen LogP contribution in [0.3, 0.4) is 0 Å². The number of carbonyl (C=O) groups is 3. The number of pyridine rings is 1.